The van der Waals surface area contributed by atoms with Gasteiger partial charge in [0.1, 0.15) is 5.75 Å². The predicted octanol–water partition coefficient (Wildman–Crippen LogP) is 2.49. The molecule has 1 saturated heterocycles. The van der Waals surface area contributed by atoms with Crippen molar-refractivity contribution in [2.45, 2.75) is 37.5 Å². The summed E-state index contributed by atoms with van der Waals surface area (Å²) < 4.78 is 11.4. The van der Waals surface area contributed by atoms with E-state index in [1.54, 1.807) is 6.07 Å². The lowest BCUT2D eigenvalue weighted by molar-refractivity contribution is -0.177. The van der Waals surface area contributed by atoms with E-state index in [1.807, 2.05) is 12.1 Å². The minimum absolute atomic E-state index is 0.149. The number of phenolic OH excluding ortho intramolecular Hbond substituents is 1. The lowest BCUT2D eigenvalue weighted by Gasteiger charge is -2.36. The van der Waals surface area contributed by atoms with Crippen molar-refractivity contribution in [2.24, 2.45) is 0 Å². The Morgan fingerprint density at radius 1 is 1.25 bits per heavy atom. The van der Waals surface area contributed by atoms with Crippen molar-refractivity contribution in [3.05, 3.63) is 23.8 Å². The van der Waals surface area contributed by atoms with Gasteiger partial charge in [0.05, 0.1) is 18.9 Å². The molecule has 0 atom stereocenters. The summed E-state index contributed by atoms with van der Waals surface area (Å²) in [5.41, 5.74) is 1.23. The zero-order valence-corrected chi connectivity index (χ0v) is 11.4. The highest BCUT2D eigenvalue weighted by molar-refractivity contribution is 5.84. The van der Waals surface area contributed by atoms with Gasteiger partial charge in [0, 0.05) is 30.7 Å². The first-order chi connectivity index (χ1) is 9.72. The number of aromatic hydroxyl groups is 1. The smallest absolute Gasteiger partial charge is 0.168 e. The molecule has 0 unspecified atom stereocenters. The van der Waals surface area contributed by atoms with E-state index in [2.05, 4.69) is 5.32 Å². The second-order valence-corrected chi connectivity index (χ2v) is 5.41. The lowest BCUT2D eigenvalue weighted by atomic mass is 9.90. The van der Waals surface area contributed by atoms with E-state index in [-0.39, 0.29) is 11.5 Å². The SMILES string of the molecule is N=Cc1cccc(NC2CCC3(CC2)OCCO3)c1O. The molecule has 108 valence electrons. The zero-order valence-electron chi connectivity index (χ0n) is 11.4. The number of anilines is 1. The van der Waals surface area contributed by atoms with E-state index in [9.17, 15) is 5.11 Å². The van der Waals surface area contributed by atoms with Gasteiger partial charge in [-0.3, -0.25) is 0 Å². The van der Waals surface area contributed by atoms with E-state index in [1.165, 1.54) is 0 Å². The monoisotopic (exact) mass is 276 g/mol. The maximum Gasteiger partial charge on any atom is 0.168 e. The van der Waals surface area contributed by atoms with Crippen molar-refractivity contribution < 1.29 is 14.6 Å². The minimum atomic E-state index is -0.350. The number of benzene rings is 1. The first-order valence-corrected chi connectivity index (χ1v) is 7.09. The molecule has 1 aromatic carbocycles. The van der Waals surface area contributed by atoms with Gasteiger partial charge in [-0.2, -0.15) is 0 Å². The van der Waals surface area contributed by atoms with Gasteiger partial charge in [-0.05, 0) is 25.0 Å². The maximum absolute atomic E-state index is 10.1. The Morgan fingerprint density at radius 2 is 1.95 bits per heavy atom. The van der Waals surface area contributed by atoms with E-state index in [0.717, 1.165) is 31.9 Å². The van der Waals surface area contributed by atoms with Crippen LogP contribution in [0.5, 0.6) is 5.75 Å². The summed E-state index contributed by atoms with van der Waals surface area (Å²) in [6.07, 6.45) is 4.84. The topological polar surface area (TPSA) is 74.6 Å². The van der Waals surface area contributed by atoms with Gasteiger partial charge in [0.25, 0.3) is 0 Å². The Labute approximate surface area is 118 Å². The summed E-state index contributed by atoms with van der Waals surface area (Å²) in [6, 6.07) is 5.72. The predicted molar refractivity (Wildman–Crippen MR) is 76.5 cm³/mol. The normalized spacial score (nSPS) is 22.0. The van der Waals surface area contributed by atoms with E-state index >= 15 is 0 Å². The molecule has 5 heteroatoms. The largest absolute Gasteiger partial charge is 0.505 e. The molecule has 0 bridgehead atoms. The van der Waals surface area contributed by atoms with Crippen LogP contribution in [0.3, 0.4) is 0 Å². The van der Waals surface area contributed by atoms with E-state index in [0.29, 0.717) is 30.5 Å². The van der Waals surface area contributed by atoms with E-state index in [4.69, 9.17) is 14.9 Å². The summed E-state index contributed by atoms with van der Waals surface area (Å²) in [5.74, 6) is -0.201. The Bertz CT molecular complexity index is 488. The Morgan fingerprint density at radius 3 is 2.60 bits per heavy atom. The van der Waals surface area contributed by atoms with Gasteiger partial charge < -0.3 is 25.3 Å². The molecule has 2 aliphatic rings. The van der Waals surface area contributed by atoms with Gasteiger partial charge in [-0.15, -0.1) is 0 Å². The highest BCUT2D eigenvalue weighted by Gasteiger charge is 2.40. The van der Waals surface area contributed by atoms with Crippen LogP contribution in [0.1, 0.15) is 31.2 Å². The fraction of sp³-hybridized carbons (Fsp3) is 0.533. The lowest BCUT2D eigenvalue weighted by Crippen LogP contribution is -2.39. The summed E-state index contributed by atoms with van der Waals surface area (Å²) in [5, 5.41) is 20.7. The van der Waals surface area contributed by atoms with Crippen LogP contribution in [0.4, 0.5) is 5.69 Å². The number of ether oxygens (including phenoxy) is 2. The van der Waals surface area contributed by atoms with Gasteiger partial charge in [-0.1, -0.05) is 6.07 Å². The van der Waals surface area contributed by atoms with Crippen molar-refractivity contribution in [1.29, 1.82) is 5.41 Å². The van der Waals surface area contributed by atoms with Crippen LogP contribution in [0.25, 0.3) is 0 Å². The third-order valence-electron chi connectivity index (χ3n) is 4.14. The van der Waals surface area contributed by atoms with Gasteiger partial charge >= 0.3 is 0 Å². The number of hydrogen-bond donors (Lipinski definition) is 3. The number of nitrogens with one attached hydrogen (secondary N) is 2. The van der Waals surface area contributed by atoms with Crippen molar-refractivity contribution >= 4 is 11.9 Å². The molecule has 0 radical (unpaired) electrons. The number of para-hydroxylation sites is 1. The van der Waals surface area contributed by atoms with Crippen molar-refractivity contribution in [3.63, 3.8) is 0 Å². The van der Waals surface area contributed by atoms with Crippen molar-refractivity contribution in [2.75, 3.05) is 18.5 Å². The molecule has 1 aliphatic carbocycles. The highest BCUT2D eigenvalue weighted by atomic mass is 16.7. The third-order valence-corrected chi connectivity index (χ3v) is 4.14. The average Bonchev–Trinajstić information content (AvgIpc) is 2.92. The molecule has 1 saturated carbocycles. The number of hydrogen-bond acceptors (Lipinski definition) is 5. The maximum atomic E-state index is 10.1. The average molecular weight is 276 g/mol. The van der Waals surface area contributed by atoms with Crippen LogP contribution < -0.4 is 5.32 Å². The zero-order chi connectivity index (χ0) is 14.0. The quantitative estimate of drug-likeness (QED) is 0.585. The molecule has 1 aromatic rings. The van der Waals surface area contributed by atoms with Crippen LogP contribution in [0, 0.1) is 5.41 Å². The Kier molecular flexibility index (Phi) is 3.63. The third kappa shape index (κ3) is 2.51. The van der Waals surface area contributed by atoms with Crippen molar-refractivity contribution in [3.8, 4) is 5.75 Å². The van der Waals surface area contributed by atoms with Crippen molar-refractivity contribution in [1.82, 2.24) is 0 Å². The molecule has 20 heavy (non-hydrogen) atoms. The molecular formula is C15H20N2O3. The molecule has 3 rings (SSSR count). The fourth-order valence-corrected chi connectivity index (χ4v) is 3.00. The molecule has 1 spiro atoms. The molecule has 0 aromatic heterocycles. The van der Waals surface area contributed by atoms with E-state index < -0.39 is 0 Å². The Hall–Kier alpha value is -1.59. The van der Waals surface area contributed by atoms with Crippen LogP contribution in [-0.4, -0.2) is 36.4 Å². The second kappa shape index (κ2) is 5.42. The first kappa shape index (κ1) is 13.4. The van der Waals surface area contributed by atoms with Crippen LogP contribution in [-0.2, 0) is 9.47 Å². The summed E-state index contributed by atoms with van der Waals surface area (Å²) >= 11 is 0. The summed E-state index contributed by atoms with van der Waals surface area (Å²) in [6.45, 7) is 1.39. The molecule has 2 fully saturated rings. The summed E-state index contributed by atoms with van der Waals surface area (Å²) in [7, 11) is 0. The van der Waals surface area contributed by atoms with Crippen LogP contribution in [0.15, 0.2) is 18.2 Å². The highest BCUT2D eigenvalue weighted by Crippen LogP contribution is 2.37. The Balaban J connectivity index is 1.63. The standard InChI is InChI=1S/C15H20N2O3/c16-10-11-2-1-3-13(14(11)18)17-12-4-6-15(7-5-12)19-8-9-20-15/h1-3,10,12,16-18H,4-9H2. The molecular weight excluding hydrogens is 256 g/mol. The first-order valence-electron chi connectivity index (χ1n) is 7.09. The molecule has 0 amide bonds. The van der Waals surface area contributed by atoms with Crippen LogP contribution in [0.2, 0.25) is 0 Å². The number of rotatable bonds is 3. The van der Waals surface area contributed by atoms with Gasteiger partial charge in [0.2, 0.25) is 0 Å². The van der Waals surface area contributed by atoms with Gasteiger partial charge in [-0.25, -0.2) is 0 Å². The molecule has 1 aliphatic heterocycles. The molecule has 3 N–H and O–H groups in total. The summed E-state index contributed by atoms with van der Waals surface area (Å²) in [4.78, 5) is 0. The second-order valence-electron chi connectivity index (χ2n) is 5.41. The minimum Gasteiger partial charge on any atom is -0.505 e. The van der Waals surface area contributed by atoms with Gasteiger partial charge in [0.15, 0.2) is 5.79 Å². The molecule has 5 nitrogen and oxygen atoms in total. The van der Waals surface area contributed by atoms with Crippen LogP contribution >= 0.6 is 0 Å². The molecule has 1 heterocycles. The fourth-order valence-electron chi connectivity index (χ4n) is 3.00. The number of phenols is 1.